The molecule has 0 bridgehead atoms. The molecule has 1 N–H and O–H groups in total. The fourth-order valence-electron chi connectivity index (χ4n) is 2.04. The molecule has 1 aromatic carbocycles. The van der Waals surface area contributed by atoms with E-state index in [-0.39, 0.29) is 6.10 Å². The van der Waals surface area contributed by atoms with E-state index in [1.54, 1.807) is 11.3 Å². The van der Waals surface area contributed by atoms with Crippen molar-refractivity contribution in [2.45, 2.75) is 12.6 Å². The third-order valence-electron chi connectivity index (χ3n) is 2.98. The number of hydrogen-bond acceptors (Lipinski definition) is 4. The van der Waals surface area contributed by atoms with E-state index in [2.05, 4.69) is 15.3 Å². The van der Waals surface area contributed by atoms with Crippen molar-refractivity contribution in [2.24, 2.45) is 0 Å². The number of β-amino-alcohol motifs (C(OH)–C–C–N with tert-alkyl or cyclic N) is 1. The molecule has 2 aromatic rings. The van der Waals surface area contributed by atoms with Crippen LogP contribution in [0.15, 0.2) is 29.6 Å². The summed E-state index contributed by atoms with van der Waals surface area (Å²) in [6.07, 6.45) is -0.160. The van der Waals surface area contributed by atoms with Gasteiger partial charge in [-0.1, -0.05) is 29.8 Å². The lowest BCUT2D eigenvalue weighted by Crippen LogP contribution is -2.49. The quantitative estimate of drug-likeness (QED) is 0.939. The maximum absolute atomic E-state index is 9.24. The summed E-state index contributed by atoms with van der Waals surface area (Å²) < 4.78 is 0. The van der Waals surface area contributed by atoms with Crippen molar-refractivity contribution < 1.29 is 5.11 Å². The SMILES string of the molecule is OC1CN(Cc2csc(-c3ccccc3Cl)n2)C1. The number of rotatable bonds is 3. The molecule has 1 aliphatic heterocycles. The number of hydrogen-bond donors (Lipinski definition) is 1. The number of aliphatic hydroxyl groups excluding tert-OH is 1. The number of thiazole rings is 1. The number of likely N-dealkylation sites (tertiary alicyclic amines) is 1. The number of benzene rings is 1. The summed E-state index contributed by atoms with van der Waals surface area (Å²) in [7, 11) is 0. The molecule has 2 heterocycles. The number of aromatic nitrogens is 1. The average Bonchev–Trinajstić information content (AvgIpc) is 2.76. The molecule has 1 aliphatic rings. The van der Waals surface area contributed by atoms with Crippen LogP contribution in [0.3, 0.4) is 0 Å². The lowest BCUT2D eigenvalue weighted by atomic mass is 10.1. The van der Waals surface area contributed by atoms with Crippen LogP contribution in [0, 0.1) is 0 Å². The Morgan fingerprint density at radius 2 is 2.17 bits per heavy atom. The molecule has 0 spiro atoms. The molecule has 0 radical (unpaired) electrons. The highest BCUT2D eigenvalue weighted by molar-refractivity contribution is 7.13. The Bertz CT molecular complexity index is 551. The van der Waals surface area contributed by atoms with Crippen molar-refractivity contribution in [3.8, 4) is 10.6 Å². The molecule has 0 amide bonds. The van der Waals surface area contributed by atoms with Gasteiger partial charge >= 0.3 is 0 Å². The van der Waals surface area contributed by atoms with Crippen LogP contribution >= 0.6 is 22.9 Å². The molecular weight excluding hydrogens is 268 g/mol. The van der Waals surface area contributed by atoms with Crippen molar-refractivity contribution in [1.82, 2.24) is 9.88 Å². The summed E-state index contributed by atoms with van der Waals surface area (Å²) >= 11 is 7.76. The molecular formula is C13H13ClN2OS. The zero-order valence-corrected chi connectivity index (χ0v) is 11.3. The van der Waals surface area contributed by atoms with Crippen LogP contribution in [0.4, 0.5) is 0 Å². The smallest absolute Gasteiger partial charge is 0.125 e. The van der Waals surface area contributed by atoms with E-state index in [9.17, 15) is 5.11 Å². The van der Waals surface area contributed by atoms with E-state index in [4.69, 9.17) is 11.6 Å². The van der Waals surface area contributed by atoms with Crippen LogP contribution in [-0.2, 0) is 6.54 Å². The van der Waals surface area contributed by atoms with E-state index in [1.165, 1.54) is 0 Å². The molecule has 0 unspecified atom stereocenters. The molecule has 18 heavy (non-hydrogen) atoms. The highest BCUT2D eigenvalue weighted by Gasteiger charge is 2.24. The van der Waals surface area contributed by atoms with Gasteiger partial charge in [0.2, 0.25) is 0 Å². The van der Waals surface area contributed by atoms with Gasteiger partial charge in [-0.25, -0.2) is 4.98 Å². The fourth-order valence-corrected chi connectivity index (χ4v) is 3.17. The maximum atomic E-state index is 9.24. The Hall–Kier alpha value is -0.940. The normalized spacial score (nSPS) is 16.8. The van der Waals surface area contributed by atoms with Crippen LogP contribution in [0.2, 0.25) is 5.02 Å². The zero-order valence-electron chi connectivity index (χ0n) is 9.71. The maximum Gasteiger partial charge on any atom is 0.125 e. The van der Waals surface area contributed by atoms with Crippen molar-refractivity contribution >= 4 is 22.9 Å². The summed E-state index contributed by atoms with van der Waals surface area (Å²) in [5.74, 6) is 0. The second-order valence-corrected chi connectivity index (χ2v) is 5.74. The minimum Gasteiger partial charge on any atom is -0.390 e. The van der Waals surface area contributed by atoms with Gasteiger partial charge in [0.25, 0.3) is 0 Å². The molecule has 3 nitrogen and oxygen atoms in total. The monoisotopic (exact) mass is 280 g/mol. The topological polar surface area (TPSA) is 36.4 Å². The molecule has 1 fully saturated rings. The summed E-state index contributed by atoms with van der Waals surface area (Å²) in [5.41, 5.74) is 2.03. The molecule has 94 valence electrons. The van der Waals surface area contributed by atoms with Gasteiger partial charge in [-0.3, -0.25) is 4.90 Å². The largest absolute Gasteiger partial charge is 0.390 e. The average molecular weight is 281 g/mol. The van der Waals surface area contributed by atoms with Gasteiger partial charge in [0.15, 0.2) is 0 Å². The van der Waals surface area contributed by atoms with Crippen LogP contribution < -0.4 is 0 Å². The zero-order chi connectivity index (χ0) is 12.5. The van der Waals surface area contributed by atoms with E-state index in [0.717, 1.165) is 40.9 Å². The first-order chi connectivity index (χ1) is 8.72. The fraction of sp³-hybridized carbons (Fsp3) is 0.308. The predicted molar refractivity (Wildman–Crippen MR) is 73.8 cm³/mol. The van der Waals surface area contributed by atoms with Gasteiger partial charge in [0.05, 0.1) is 16.8 Å². The van der Waals surface area contributed by atoms with Crippen molar-refractivity contribution in [1.29, 1.82) is 0 Å². The molecule has 1 saturated heterocycles. The number of nitrogens with zero attached hydrogens (tertiary/aromatic N) is 2. The molecule has 0 saturated carbocycles. The van der Waals surface area contributed by atoms with Gasteiger partial charge < -0.3 is 5.11 Å². The van der Waals surface area contributed by atoms with E-state index in [1.807, 2.05) is 24.3 Å². The standard InChI is InChI=1S/C13H13ClN2OS/c14-12-4-2-1-3-11(12)13-15-9(8-18-13)5-16-6-10(17)7-16/h1-4,8,10,17H,5-7H2. The molecule has 1 aromatic heterocycles. The molecule has 0 atom stereocenters. The highest BCUT2D eigenvalue weighted by atomic mass is 35.5. The second-order valence-electron chi connectivity index (χ2n) is 4.47. The lowest BCUT2D eigenvalue weighted by molar-refractivity contribution is -0.00343. The van der Waals surface area contributed by atoms with Gasteiger partial charge in [-0.05, 0) is 6.07 Å². The van der Waals surface area contributed by atoms with Gasteiger partial charge in [-0.15, -0.1) is 11.3 Å². The van der Waals surface area contributed by atoms with Crippen molar-refractivity contribution in [2.75, 3.05) is 13.1 Å². The second kappa shape index (κ2) is 4.97. The Labute approximate surface area is 115 Å². The number of halogens is 1. The van der Waals surface area contributed by atoms with Crippen molar-refractivity contribution in [3.63, 3.8) is 0 Å². The summed E-state index contributed by atoms with van der Waals surface area (Å²) in [6.45, 7) is 2.30. The van der Waals surface area contributed by atoms with Crippen LogP contribution in [0.25, 0.3) is 10.6 Å². The molecule has 5 heteroatoms. The number of aliphatic hydroxyl groups is 1. The van der Waals surface area contributed by atoms with E-state index in [0.29, 0.717) is 0 Å². The minimum atomic E-state index is -0.160. The Morgan fingerprint density at radius 1 is 1.39 bits per heavy atom. The van der Waals surface area contributed by atoms with Crippen molar-refractivity contribution in [3.05, 3.63) is 40.4 Å². The highest BCUT2D eigenvalue weighted by Crippen LogP contribution is 2.30. The minimum absolute atomic E-state index is 0.160. The Balaban J connectivity index is 1.75. The Kier molecular flexibility index (Phi) is 3.35. The third-order valence-corrected chi connectivity index (χ3v) is 4.23. The molecule has 0 aliphatic carbocycles. The first-order valence-corrected chi connectivity index (χ1v) is 7.08. The van der Waals surface area contributed by atoms with E-state index >= 15 is 0 Å². The first-order valence-electron chi connectivity index (χ1n) is 5.82. The first kappa shape index (κ1) is 12.1. The van der Waals surface area contributed by atoms with Crippen LogP contribution in [0.5, 0.6) is 0 Å². The van der Waals surface area contributed by atoms with Crippen LogP contribution in [-0.4, -0.2) is 34.2 Å². The van der Waals surface area contributed by atoms with Crippen LogP contribution in [0.1, 0.15) is 5.69 Å². The van der Waals surface area contributed by atoms with Gasteiger partial charge in [-0.2, -0.15) is 0 Å². The summed E-state index contributed by atoms with van der Waals surface area (Å²) in [6, 6.07) is 7.75. The van der Waals surface area contributed by atoms with E-state index < -0.39 is 0 Å². The lowest BCUT2D eigenvalue weighted by Gasteiger charge is -2.35. The predicted octanol–water partition coefficient (Wildman–Crippen LogP) is 2.64. The Morgan fingerprint density at radius 3 is 2.89 bits per heavy atom. The van der Waals surface area contributed by atoms with Gasteiger partial charge in [0.1, 0.15) is 5.01 Å². The van der Waals surface area contributed by atoms with Gasteiger partial charge in [0, 0.05) is 30.6 Å². The third kappa shape index (κ3) is 2.42. The molecule has 3 rings (SSSR count). The summed E-state index contributed by atoms with van der Waals surface area (Å²) in [4.78, 5) is 6.78. The summed E-state index contributed by atoms with van der Waals surface area (Å²) in [5, 5.41) is 13.0.